The molecule has 1 aromatic carbocycles. The Kier molecular flexibility index (Phi) is 3.83. The summed E-state index contributed by atoms with van der Waals surface area (Å²) in [5, 5.41) is 30.9. The highest BCUT2D eigenvalue weighted by Gasteiger charge is 2.05. The van der Waals surface area contributed by atoms with Gasteiger partial charge in [-0.1, -0.05) is 36.4 Å². The minimum Gasteiger partial charge on any atom is -0.612 e. The fraction of sp³-hybridized carbons (Fsp3) is 0. The Labute approximate surface area is 110 Å². The number of aliphatic hydroxyl groups is 1. The topological polar surface area (TPSA) is 69.4 Å². The van der Waals surface area contributed by atoms with E-state index in [1.165, 1.54) is 24.3 Å². The van der Waals surface area contributed by atoms with Crippen molar-refractivity contribution in [3.8, 4) is 0 Å². The van der Waals surface area contributed by atoms with Crippen LogP contribution in [0.2, 0.25) is 0 Å². The van der Waals surface area contributed by atoms with Crippen LogP contribution in [0.25, 0.3) is 6.08 Å². The van der Waals surface area contributed by atoms with Crippen molar-refractivity contribution in [1.82, 2.24) is 0 Å². The number of allylic oxidation sites excluding steroid dienone is 6. The molecule has 0 aliphatic heterocycles. The second-order valence-corrected chi connectivity index (χ2v) is 3.93. The molecule has 0 spiro atoms. The molecule has 0 aromatic heterocycles. The molecule has 96 valence electrons. The summed E-state index contributed by atoms with van der Waals surface area (Å²) in [7, 11) is 0. The predicted octanol–water partition coefficient (Wildman–Crippen LogP) is 3.09. The number of rotatable bonds is 2. The van der Waals surface area contributed by atoms with E-state index in [4.69, 9.17) is 0 Å². The van der Waals surface area contributed by atoms with Crippen LogP contribution in [0.15, 0.2) is 72.0 Å². The van der Waals surface area contributed by atoms with Crippen molar-refractivity contribution in [2.45, 2.75) is 0 Å². The van der Waals surface area contributed by atoms with E-state index >= 15 is 0 Å². The normalized spacial score (nSPS) is 14.1. The Morgan fingerprint density at radius 2 is 1.63 bits per heavy atom. The van der Waals surface area contributed by atoms with Gasteiger partial charge in [-0.2, -0.15) is 4.90 Å². The zero-order valence-corrected chi connectivity index (χ0v) is 10.1. The lowest BCUT2D eigenvalue weighted by Crippen LogP contribution is -2.06. The Bertz CT molecular complexity index is 586. The van der Waals surface area contributed by atoms with Crippen LogP contribution in [0.5, 0.6) is 0 Å². The third-order valence-electron chi connectivity index (χ3n) is 2.61. The van der Waals surface area contributed by atoms with Crippen molar-refractivity contribution < 1.29 is 10.0 Å². The first kappa shape index (κ1) is 12.7. The first-order chi connectivity index (χ1) is 9.16. The molecular formula is C15H12NO3-. The summed E-state index contributed by atoms with van der Waals surface area (Å²) in [5.74, 6) is 0.0683. The summed E-state index contributed by atoms with van der Waals surface area (Å²) in [4.78, 5) is -0.472. The van der Waals surface area contributed by atoms with Crippen molar-refractivity contribution in [3.63, 3.8) is 0 Å². The van der Waals surface area contributed by atoms with E-state index in [1.807, 2.05) is 30.3 Å². The lowest BCUT2D eigenvalue weighted by molar-refractivity contribution is -0.377. The van der Waals surface area contributed by atoms with Gasteiger partial charge in [0.2, 0.25) is 5.71 Å². The maximum absolute atomic E-state index is 10.5. The van der Waals surface area contributed by atoms with E-state index < -0.39 is 4.90 Å². The quantitative estimate of drug-likeness (QED) is 0.501. The minimum absolute atomic E-state index is 0.00332. The fourth-order valence-electron chi connectivity index (χ4n) is 1.59. The van der Waals surface area contributed by atoms with Gasteiger partial charge in [0.25, 0.3) is 0 Å². The molecule has 0 saturated heterocycles. The van der Waals surface area contributed by atoms with E-state index in [-0.39, 0.29) is 11.5 Å². The van der Waals surface area contributed by atoms with Crippen LogP contribution in [0.1, 0.15) is 5.56 Å². The summed E-state index contributed by atoms with van der Waals surface area (Å²) >= 11 is 0. The lowest BCUT2D eigenvalue weighted by atomic mass is 10.1. The molecule has 0 fully saturated rings. The van der Waals surface area contributed by atoms with Crippen LogP contribution in [-0.4, -0.2) is 15.7 Å². The monoisotopic (exact) mass is 254 g/mol. The summed E-state index contributed by atoms with van der Waals surface area (Å²) in [5.41, 5.74) is 1.51. The highest BCUT2D eigenvalue weighted by Crippen LogP contribution is 2.13. The van der Waals surface area contributed by atoms with E-state index in [2.05, 4.69) is 0 Å². The predicted molar refractivity (Wildman–Crippen MR) is 75.4 cm³/mol. The second kappa shape index (κ2) is 5.73. The molecule has 1 aromatic rings. The van der Waals surface area contributed by atoms with Gasteiger partial charge < -0.3 is 15.5 Å². The molecule has 0 bridgehead atoms. The first-order valence-corrected chi connectivity index (χ1v) is 5.71. The zero-order chi connectivity index (χ0) is 13.7. The van der Waals surface area contributed by atoms with Crippen molar-refractivity contribution in [1.29, 1.82) is 0 Å². The largest absolute Gasteiger partial charge is 0.612 e. The van der Waals surface area contributed by atoms with E-state index in [1.54, 1.807) is 12.2 Å². The summed E-state index contributed by atoms with van der Waals surface area (Å²) in [6.07, 6.45) is 9.10. The average Bonchev–Trinajstić information content (AvgIpc) is 2.46. The first-order valence-electron chi connectivity index (χ1n) is 5.71. The number of nitrogens with zero attached hydrogens (tertiary/aromatic N) is 1. The third-order valence-corrected chi connectivity index (χ3v) is 2.61. The highest BCUT2D eigenvalue weighted by atomic mass is 16.8. The van der Waals surface area contributed by atoms with E-state index in [9.17, 15) is 15.5 Å². The van der Waals surface area contributed by atoms with Crippen LogP contribution in [0, 0.1) is 10.4 Å². The Morgan fingerprint density at radius 3 is 2.21 bits per heavy atom. The molecule has 4 nitrogen and oxygen atoms in total. The van der Waals surface area contributed by atoms with Gasteiger partial charge in [0, 0.05) is 17.7 Å². The number of hydrogen-bond donors (Lipinski definition) is 1. The van der Waals surface area contributed by atoms with Crippen molar-refractivity contribution in [2.75, 3.05) is 0 Å². The Hall–Kier alpha value is -2.75. The fourth-order valence-corrected chi connectivity index (χ4v) is 1.59. The Balaban J connectivity index is 2.17. The molecule has 0 heterocycles. The van der Waals surface area contributed by atoms with Crippen LogP contribution in [0.3, 0.4) is 0 Å². The van der Waals surface area contributed by atoms with Gasteiger partial charge >= 0.3 is 0 Å². The third kappa shape index (κ3) is 3.35. The minimum atomic E-state index is -0.472. The average molecular weight is 254 g/mol. The molecule has 0 unspecified atom stereocenters. The van der Waals surface area contributed by atoms with Gasteiger partial charge in [-0.3, -0.25) is 0 Å². The van der Waals surface area contributed by atoms with Crippen LogP contribution >= 0.6 is 0 Å². The van der Waals surface area contributed by atoms with Crippen LogP contribution < -0.4 is 0 Å². The van der Waals surface area contributed by atoms with Crippen molar-refractivity contribution >= 4 is 11.8 Å². The number of aliphatic hydroxyl groups excluding tert-OH is 1. The van der Waals surface area contributed by atoms with Gasteiger partial charge in [-0.25, -0.2) is 0 Å². The summed E-state index contributed by atoms with van der Waals surface area (Å²) < 4.78 is 0. The molecule has 4 heteroatoms. The van der Waals surface area contributed by atoms with Crippen LogP contribution in [-0.2, 0) is 0 Å². The number of hydrogen-bond acceptors (Lipinski definition) is 3. The summed E-state index contributed by atoms with van der Waals surface area (Å²) in [6, 6.07) is 9.56. The second-order valence-electron chi connectivity index (χ2n) is 3.93. The van der Waals surface area contributed by atoms with Gasteiger partial charge in [-0.15, -0.1) is 0 Å². The molecule has 1 aliphatic rings. The van der Waals surface area contributed by atoms with Crippen molar-refractivity contribution in [2.24, 2.45) is 0 Å². The summed E-state index contributed by atoms with van der Waals surface area (Å²) in [6.45, 7) is 0. The molecule has 1 aliphatic carbocycles. The van der Waals surface area contributed by atoms with Gasteiger partial charge in [-0.05, 0) is 23.8 Å². The standard InChI is InChI=1S/C15H12NO3/c17-15(11-6-12-4-2-1-3-5-12)13-7-9-14(10-8-13)16(18)19/h1-11H,(H-,17,18,19)/q-1. The van der Waals surface area contributed by atoms with E-state index in [0.717, 1.165) is 5.56 Å². The molecule has 19 heavy (non-hydrogen) atoms. The van der Waals surface area contributed by atoms with Crippen molar-refractivity contribution in [3.05, 3.63) is 88.0 Å². The molecule has 0 atom stereocenters. The van der Waals surface area contributed by atoms with Gasteiger partial charge in [0.1, 0.15) is 5.76 Å². The zero-order valence-electron chi connectivity index (χ0n) is 10.1. The molecule has 0 radical (unpaired) electrons. The molecule has 2 rings (SSSR count). The smallest absolute Gasteiger partial charge is 0.222 e. The van der Waals surface area contributed by atoms with Crippen LogP contribution in [0.4, 0.5) is 0 Å². The number of benzene rings is 1. The maximum atomic E-state index is 10.5. The lowest BCUT2D eigenvalue weighted by Gasteiger charge is -2.08. The maximum Gasteiger partial charge on any atom is 0.222 e. The highest BCUT2D eigenvalue weighted by molar-refractivity contribution is 6.02. The van der Waals surface area contributed by atoms with E-state index in [0.29, 0.717) is 5.57 Å². The molecular weight excluding hydrogens is 242 g/mol. The Morgan fingerprint density at radius 1 is 1.00 bits per heavy atom. The molecule has 1 N–H and O–H groups in total. The molecule has 0 amide bonds. The van der Waals surface area contributed by atoms with Gasteiger partial charge in [0.15, 0.2) is 0 Å². The SMILES string of the molecule is [O-][N+]([O-])=C1C=CC(=C(O)C=Cc2ccccc2)C=C1. The van der Waals surface area contributed by atoms with Gasteiger partial charge in [0.05, 0.1) is 0 Å². The molecule has 0 saturated carbocycles.